The molecular formula is C24H21N3O3. The smallest absolute Gasteiger partial charge is 0.278 e. The monoisotopic (exact) mass is 399 g/mol. The fourth-order valence-electron chi connectivity index (χ4n) is 4.36. The van der Waals surface area contributed by atoms with Crippen molar-refractivity contribution >= 4 is 23.2 Å². The number of amides is 2. The third-order valence-electron chi connectivity index (χ3n) is 5.89. The molecule has 0 aromatic heterocycles. The van der Waals surface area contributed by atoms with Gasteiger partial charge in [-0.3, -0.25) is 14.5 Å². The molecule has 6 nitrogen and oxygen atoms in total. The van der Waals surface area contributed by atoms with E-state index in [2.05, 4.69) is 5.32 Å². The number of nitrogens with one attached hydrogen (secondary N) is 1. The van der Waals surface area contributed by atoms with E-state index in [0.717, 1.165) is 22.6 Å². The van der Waals surface area contributed by atoms with E-state index >= 15 is 0 Å². The Morgan fingerprint density at radius 1 is 0.933 bits per heavy atom. The number of carbonyl (C=O) groups is 2. The first-order valence-corrected chi connectivity index (χ1v) is 9.76. The molecular weight excluding hydrogens is 378 g/mol. The van der Waals surface area contributed by atoms with E-state index in [4.69, 9.17) is 4.74 Å². The molecule has 0 unspecified atom stereocenters. The molecule has 6 heteroatoms. The zero-order chi connectivity index (χ0) is 20.9. The van der Waals surface area contributed by atoms with Crippen LogP contribution in [0.1, 0.15) is 21.5 Å². The van der Waals surface area contributed by atoms with Gasteiger partial charge in [-0.05, 0) is 35.9 Å². The largest absolute Gasteiger partial charge is 0.497 e. The molecule has 0 bridgehead atoms. The van der Waals surface area contributed by atoms with Crippen LogP contribution in [0.4, 0.5) is 11.4 Å². The number of ether oxygens (including phenoxy) is 1. The number of methoxy groups -OCH3 is 1. The Kier molecular flexibility index (Phi) is 4.03. The molecule has 0 radical (unpaired) electrons. The van der Waals surface area contributed by atoms with Crippen LogP contribution in [0.25, 0.3) is 0 Å². The first-order valence-electron chi connectivity index (χ1n) is 9.76. The van der Waals surface area contributed by atoms with Gasteiger partial charge in [-0.2, -0.15) is 0 Å². The van der Waals surface area contributed by atoms with Gasteiger partial charge in [0, 0.05) is 24.8 Å². The van der Waals surface area contributed by atoms with Crippen LogP contribution in [-0.4, -0.2) is 30.9 Å². The Morgan fingerprint density at radius 2 is 1.63 bits per heavy atom. The summed E-state index contributed by atoms with van der Waals surface area (Å²) < 4.78 is 5.24. The number of para-hydroxylation sites is 2. The molecule has 2 amide bonds. The lowest BCUT2D eigenvalue weighted by molar-refractivity contribution is -0.127. The summed E-state index contributed by atoms with van der Waals surface area (Å²) in [6.45, 7) is 0.276. The molecule has 2 aliphatic heterocycles. The van der Waals surface area contributed by atoms with Crippen molar-refractivity contribution in [3.8, 4) is 5.75 Å². The minimum absolute atomic E-state index is 0.180. The normalized spacial score (nSPS) is 19.5. The number of hydrogen-bond acceptors (Lipinski definition) is 4. The predicted octanol–water partition coefficient (Wildman–Crippen LogP) is 3.59. The lowest BCUT2D eigenvalue weighted by atomic mass is 9.92. The molecule has 1 spiro atoms. The molecule has 1 N–H and O–H groups in total. The van der Waals surface area contributed by atoms with Gasteiger partial charge in [-0.1, -0.05) is 42.5 Å². The third-order valence-corrected chi connectivity index (χ3v) is 5.89. The summed E-state index contributed by atoms with van der Waals surface area (Å²) in [6, 6.07) is 22.5. The van der Waals surface area contributed by atoms with Crippen LogP contribution in [0.3, 0.4) is 0 Å². The van der Waals surface area contributed by atoms with Crippen molar-refractivity contribution in [3.05, 3.63) is 89.5 Å². The van der Waals surface area contributed by atoms with E-state index in [1.807, 2.05) is 66.7 Å². The van der Waals surface area contributed by atoms with Crippen LogP contribution in [-0.2, 0) is 17.0 Å². The summed E-state index contributed by atoms with van der Waals surface area (Å²) in [5, 5.41) is 3.42. The minimum atomic E-state index is -1.29. The Balaban J connectivity index is 1.69. The highest BCUT2D eigenvalue weighted by molar-refractivity contribution is 6.15. The zero-order valence-electron chi connectivity index (χ0n) is 16.8. The lowest BCUT2D eigenvalue weighted by Crippen LogP contribution is -2.61. The SMILES string of the molecule is COc1ccc(CN2C(=O)c3ccccc3N[C@]23C(=O)N(C)c2ccccc23)cc1. The van der Waals surface area contributed by atoms with Crippen molar-refractivity contribution in [1.29, 1.82) is 0 Å². The summed E-state index contributed by atoms with van der Waals surface area (Å²) in [5.74, 6) is 0.377. The number of hydrogen-bond donors (Lipinski definition) is 1. The molecule has 2 heterocycles. The Hall–Kier alpha value is -3.80. The van der Waals surface area contributed by atoms with E-state index in [1.165, 1.54) is 0 Å². The highest BCUT2D eigenvalue weighted by atomic mass is 16.5. The number of fused-ring (bicyclic) bond motifs is 3. The number of anilines is 2. The van der Waals surface area contributed by atoms with E-state index in [0.29, 0.717) is 11.3 Å². The van der Waals surface area contributed by atoms with E-state index < -0.39 is 5.66 Å². The van der Waals surface area contributed by atoms with Crippen molar-refractivity contribution in [3.63, 3.8) is 0 Å². The van der Waals surface area contributed by atoms with Crippen molar-refractivity contribution < 1.29 is 14.3 Å². The Bertz CT molecular complexity index is 1160. The third kappa shape index (κ3) is 2.43. The summed E-state index contributed by atoms with van der Waals surface area (Å²) in [4.78, 5) is 30.6. The molecule has 0 saturated carbocycles. The maximum Gasteiger partial charge on any atom is 0.278 e. The van der Waals surface area contributed by atoms with Gasteiger partial charge in [0.25, 0.3) is 11.8 Å². The van der Waals surface area contributed by atoms with Gasteiger partial charge in [0.05, 0.1) is 18.4 Å². The second-order valence-electron chi connectivity index (χ2n) is 7.50. The average molecular weight is 399 g/mol. The molecule has 0 saturated heterocycles. The van der Waals surface area contributed by atoms with E-state index in [9.17, 15) is 9.59 Å². The van der Waals surface area contributed by atoms with Crippen LogP contribution in [0.5, 0.6) is 5.75 Å². The molecule has 0 aliphatic carbocycles. The van der Waals surface area contributed by atoms with Crippen LogP contribution in [0.15, 0.2) is 72.8 Å². The fraction of sp³-hybridized carbons (Fsp3) is 0.167. The van der Waals surface area contributed by atoms with Crippen LogP contribution in [0, 0.1) is 0 Å². The first kappa shape index (κ1) is 18.2. The second kappa shape index (κ2) is 6.62. The van der Waals surface area contributed by atoms with Gasteiger partial charge in [-0.25, -0.2) is 0 Å². The number of likely N-dealkylation sites (N-methyl/N-ethyl adjacent to an activating group) is 1. The second-order valence-corrected chi connectivity index (χ2v) is 7.50. The van der Waals surface area contributed by atoms with E-state index in [1.54, 1.807) is 30.0 Å². The summed E-state index contributed by atoms with van der Waals surface area (Å²) in [5.41, 5.74) is 2.39. The van der Waals surface area contributed by atoms with Gasteiger partial charge >= 0.3 is 0 Å². The highest BCUT2D eigenvalue weighted by Gasteiger charge is 2.58. The zero-order valence-corrected chi connectivity index (χ0v) is 16.8. The maximum atomic E-state index is 13.7. The molecule has 3 aromatic rings. The Labute approximate surface area is 174 Å². The average Bonchev–Trinajstić information content (AvgIpc) is 3.00. The van der Waals surface area contributed by atoms with Gasteiger partial charge in [0.15, 0.2) is 0 Å². The van der Waals surface area contributed by atoms with Gasteiger partial charge in [0.2, 0.25) is 5.66 Å². The number of benzene rings is 3. The standard InChI is InChI=1S/C24H21N3O3/c1-26-21-10-6-4-8-19(21)24(23(26)29)25-20-9-5-3-7-18(20)22(28)27(24)15-16-11-13-17(30-2)14-12-16/h3-14,25H,15H2,1-2H3/t24-/m0/s1. The van der Waals surface area contributed by atoms with Gasteiger partial charge < -0.3 is 15.0 Å². The molecule has 1 atom stereocenters. The van der Waals surface area contributed by atoms with Crippen molar-refractivity contribution in [2.24, 2.45) is 0 Å². The van der Waals surface area contributed by atoms with Crippen molar-refractivity contribution in [1.82, 2.24) is 4.90 Å². The summed E-state index contributed by atoms with van der Waals surface area (Å²) in [6.07, 6.45) is 0. The summed E-state index contributed by atoms with van der Waals surface area (Å²) in [7, 11) is 3.36. The molecule has 5 rings (SSSR count). The molecule has 2 aliphatic rings. The maximum absolute atomic E-state index is 13.7. The van der Waals surface area contributed by atoms with Crippen LogP contribution < -0.4 is 15.0 Å². The quantitative estimate of drug-likeness (QED) is 0.731. The molecule has 3 aromatic carbocycles. The minimum Gasteiger partial charge on any atom is -0.497 e. The number of rotatable bonds is 3. The number of carbonyl (C=O) groups excluding carboxylic acids is 2. The van der Waals surface area contributed by atoms with Gasteiger partial charge in [-0.15, -0.1) is 0 Å². The van der Waals surface area contributed by atoms with Crippen LogP contribution >= 0.6 is 0 Å². The Morgan fingerprint density at radius 3 is 2.40 bits per heavy atom. The van der Waals surface area contributed by atoms with Crippen molar-refractivity contribution in [2.75, 3.05) is 24.4 Å². The fourth-order valence-corrected chi connectivity index (χ4v) is 4.36. The predicted molar refractivity (Wildman–Crippen MR) is 114 cm³/mol. The van der Waals surface area contributed by atoms with Crippen LogP contribution in [0.2, 0.25) is 0 Å². The highest BCUT2D eigenvalue weighted by Crippen LogP contribution is 2.47. The van der Waals surface area contributed by atoms with Gasteiger partial charge in [0.1, 0.15) is 5.75 Å². The van der Waals surface area contributed by atoms with E-state index in [-0.39, 0.29) is 18.4 Å². The molecule has 150 valence electrons. The molecule has 0 fully saturated rings. The lowest BCUT2D eigenvalue weighted by Gasteiger charge is -2.45. The first-order chi connectivity index (χ1) is 14.6. The van der Waals surface area contributed by atoms with Crippen molar-refractivity contribution in [2.45, 2.75) is 12.2 Å². The summed E-state index contributed by atoms with van der Waals surface area (Å²) >= 11 is 0. The number of nitrogens with zero attached hydrogens (tertiary/aromatic N) is 2. The molecule has 30 heavy (non-hydrogen) atoms. The topological polar surface area (TPSA) is 61.9 Å².